The Bertz CT molecular complexity index is 350. The van der Waals surface area contributed by atoms with Crippen LogP contribution in [0.15, 0.2) is 18.2 Å². The van der Waals surface area contributed by atoms with E-state index in [1.165, 1.54) is 0 Å². The van der Waals surface area contributed by atoms with Gasteiger partial charge < -0.3 is 15.8 Å². The van der Waals surface area contributed by atoms with Crippen molar-refractivity contribution >= 4 is 11.6 Å². The van der Waals surface area contributed by atoms with Crippen LogP contribution in [0.4, 0.5) is 5.69 Å². The third-order valence-corrected chi connectivity index (χ3v) is 2.04. The topological polar surface area (TPSA) is 64.3 Å². The van der Waals surface area contributed by atoms with E-state index in [-0.39, 0.29) is 5.91 Å². The maximum Gasteiger partial charge on any atom is 0.253 e. The second kappa shape index (κ2) is 5.24. The number of anilines is 1. The van der Waals surface area contributed by atoms with E-state index in [9.17, 15) is 4.79 Å². The summed E-state index contributed by atoms with van der Waals surface area (Å²) in [5.74, 6) is 0.471. The highest BCUT2D eigenvalue weighted by Gasteiger charge is 2.09. The molecule has 82 valence electrons. The van der Waals surface area contributed by atoms with Crippen LogP contribution in [-0.4, -0.2) is 19.6 Å². The Morgan fingerprint density at radius 1 is 1.53 bits per heavy atom. The van der Waals surface area contributed by atoms with Gasteiger partial charge in [0.2, 0.25) is 0 Å². The quantitative estimate of drug-likeness (QED) is 0.735. The van der Waals surface area contributed by atoms with Gasteiger partial charge in [-0.25, -0.2) is 0 Å². The van der Waals surface area contributed by atoms with Crippen LogP contribution < -0.4 is 15.8 Å². The van der Waals surface area contributed by atoms with Crippen molar-refractivity contribution in [2.24, 2.45) is 0 Å². The maximum absolute atomic E-state index is 11.6. The predicted octanol–water partition coefficient (Wildman–Crippen LogP) is 1.42. The van der Waals surface area contributed by atoms with Gasteiger partial charge in [0.05, 0.1) is 12.7 Å². The molecule has 0 aliphatic heterocycles. The van der Waals surface area contributed by atoms with E-state index in [2.05, 4.69) is 5.32 Å². The number of carbonyl (C=O) groups excluding carboxylic acids is 1. The number of ether oxygens (including phenoxy) is 1. The van der Waals surface area contributed by atoms with E-state index in [0.29, 0.717) is 23.5 Å². The fourth-order valence-electron chi connectivity index (χ4n) is 1.19. The number of nitrogens with one attached hydrogen (secondary N) is 1. The van der Waals surface area contributed by atoms with Crippen molar-refractivity contribution in [1.29, 1.82) is 0 Å². The summed E-state index contributed by atoms with van der Waals surface area (Å²) < 4.78 is 5.03. The second-order valence-electron chi connectivity index (χ2n) is 3.21. The molecule has 0 saturated carbocycles. The number of methoxy groups -OCH3 is 1. The van der Waals surface area contributed by atoms with Crippen molar-refractivity contribution in [2.75, 3.05) is 19.4 Å². The van der Waals surface area contributed by atoms with Gasteiger partial charge in [0.1, 0.15) is 5.75 Å². The average molecular weight is 208 g/mol. The van der Waals surface area contributed by atoms with Gasteiger partial charge >= 0.3 is 0 Å². The summed E-state index contributed by atoms with van der Waals surface area (Å²) in [5.41, 5.74) is 6.62. The van der Waals surface area contributed by atoms with Crippen molar-refractivity contribution in [1.82, 2.24) is 5.32 Å². The molecule has 1 rings (SSSR count). The third kappa shape index (κ3) is 2.87. The first kappa shape index (κ1) is 11.4. The largest absolute Gasteiger partial charge is 0.497 e. The maximum atomic E-state index is 11.6. The van der Waals surface area contributed by atoms with E-state index >= 15 is 0 Å². The number of hydrogen-bond acceptors (Lipinski definition) is 3. The van der Waals surface area contributed by atoms with Crippen LogP contribution in [-0.2, 0) is 0 Å². The Kier molecular flexibility index (Phi) is 3.97. The standard InChI is InChI=1S/C11H16N2O2/c1-3-6-13-11(14)9-7-8(15-2)4-5-10(9)12/h4-5,7H,3,6,12H2,1-2H3,(H,13,14). The molecule has 0 unspecified atom stereocenters. The van der Waals surface area contributed by atoms with Gasteiger partial charge in [-0.2, -0.15) is 0 Å². The minimum Gasteiger partial charge on any atom is -0.497 e. The molecule has 4 nitrogen and oxygen atoms in total. The minimum atomic E-state index is -0.159. The van der Waals surface area contributed by atoms with E-state index in [0.717, 1.165) is 6.42 Å². The lowest BCUT2D eigenvalue weighted by atomic mass is 10.1. The van der Waals surface area contributed by atoms with Crippen LogP contribution in [0.25, 0.3) is 0 Å². The average Bonchev–Trinajstić information content (AvgIpc) is 2.26. The van der Waals surface area contributed by atoms with Crippen molar-refractivity contribution in [3.63, 3.8) is 0 Å². The highest BCUT2D eigenvalue weighted by molar-refractivity contribution is 5.99. The molecular formula is C11H16N2O2. The van der Waals surface area contributed by atoms with Crippen LogP contribution in [0.2, 0.25) is 0 Å². The van der Waals surface area contributed by atoms with Gasteiger partial charge in [-0.1, -0.05) is 6.92 Å². The van der Waals surface area contributed by atoms with Crippen LogP contribution in [0.3, 0.4) is 0 Å². The normalized spacial score (nSPS) is 9.73. The molecule has 0 aliphatic rings. The Morgan fingerprint density at radius 2 is 2.27 bits per heavy atom. The summed E-state index contributed by atoms with van der Waals surface area (Å²) in [6.07, 6.45) is 0.898. The molecule has 0 radical (unpaired) electrons. The van der Waals surface area contributed by atoms with Crippen LogP contribution >= 0.6 is 0 Å². The number of rotatable bonds is 4. The van der Waals surface area contributed by atoms with E-state index < -0.39 is 0 Å². The van der Waals surface area contributed by atoms with Gasteiger partial charge in [0, 0.05) is 12.2 Å². The number of nitrogens with two attached hydrogens (primary N) is 1. The van der Waals surface area contributed by atoms with Crippen molar-refractivity contribution < 1.29 is 9.53 Å². The molecule has 0 aromatic heterocycles. The molecule has 0 atom stereocenters. The number of amides is 1. The summed E-state index contributed by atoms with van der Waals surface area (Å²) in [6, 6.07) is 5.03. The second-order valence-corrected chi connectivity index (χ2v) is 3.21. The number of hydrogen-bond donors (Lipinski definition) is 2. The van der Waals surface area contributed by atoms with Gasteiger partial charge in [0.15, 0.2) is 0 Å². The molecule has 1 amide bonds. The van der Waals surface area contributed by atoms with Crippen LogP contribution in [0.5, 0.6) is 5.75 Å². The fourth-order valence-corrected chi connectivity index (χ4v) is 1.19. The SMILES string of the molecule is CCCNC(=O)c1cc(OC)ccc1N. The Morgan fingerprint density at radius 3 is 2.87 bits per heavy atom. The molecule has 1 aromatic rings. The zero-order valence-electron chi connectivity index (χ0n) is 9.04. The molecule has 15 heavy (non-hydrogen) atoms. The van der Waals surface area contributed by atoms with Crippen molar-refractivity contribution in [3.8, 4) is 5.75 Å². The summed E-state index contributed by atoms with van der Waals surface area (Å²) in [4.78, 5) is 11.6. The van der Waals surface area contributed by atoms with Crippen molar-refractivity contribution in [3.05, 3.63) is 23.8 Å². The summed E-state index contributed by atoms with van der Waals surface area (Å²) >= 11 is 0. The smallest absolute Gasteiger partial charge is 0.253 e. The Balaban J connectivity index is 2.86. The molecule has 0 bridgehead atoms. The summed E-state index contributed by atoms with van der Waals surface area (Å²) in [7, 11) is 1.55. The first-order valence-electron chi connectivity index (χ1n) is 4.90. The van der Waals surface area contributed by atoms with Gasteiger partial charge in [0.25, 0.3) is 5.91 Å². The third-order valence-electron chi connectivity index (χ3n) is 2.04. The summed E-state index contributed by atoms with van der Waals surface area (Å²) in [6.45, 7) is 2.64. The van der Waals surface area contributed by atoms with E-state index in [1.807, 2.05) is 6.92 Å². The fraction of sp³-hybridized carbons (Fsp3) is 0.364. The lowest BCUT2D eigenvalue weighted by Gasteiger charge is -2.08. The molecular weight excluding hydrogens is 192 g/mol. The zero-order chi connectivity index (χ0) is 11.3. The van der Waals surface area contributed by atoms with Crippen LogP contribution in [0, 0.1) is 0 Å². The molecule has 1 aromatic carbocycles. The molecule has 0 spiro atoms. The molecule has 0 fully saturated rings. The first-order chi connectivity index (χ1) is 7.19. The Hall–Kier alpha value is -1.71. The molecule has 0 aliphatic carbocycles. The monoisotopic (exact) mass is 208 g/mol. The van der Waals surface area contributed by atoms with E-state index in [4.69, 9.17) is 10.5 Å². The van der Waals surface area contributed by atoms with E-state index in [1.54, 1.807) is 25.3 Å². The van der Waals surface area contributed by atoms with Gasteiger partial charge in [-0.05, 0) is 24.6 Å². The zero-order valence-corrected chi connectivity index (χ0v) is 9.04. The highest BCUT2D eigenvalue weighted by atomic mass is 16.5. The lowest BCUT2D eigenvalue weighted by Crippen LogP contribution is -2.24. The number of benzene rings is 1. The molecule has 0 heterocycles. The highest BCUT2D eigenvalue weighted by Crippen LogP contribution is 2.19. The van der Waals surface area contributed by atoms with Gasteiger partial charge in [-0.15, -0.1) is 0 Å². The number of nitrogen functional groups attached to an aromatic ring is 1. The van der Waals surface area contributed by atoms with Crippen LogP contribution in [0.1, 0.15) is 23.7 Å². The summed E-state index contributed by atoms with van der Waals surface area (Å²) in [5, 5.41) is 2.77. The molecule has 3 N–H and O–H groups in total. The molecule has 0 saturated heterocycles. The Labute approximate surface area is 89.4 Å². The molecule has 4 heteroatoms. The lowest BCUT2D eigenvalue weighted by molar-refractivity contribution is 0.0954. The van der Waals surface area contributed by atoms with Crippen molar-refractivity contribution in [2.45, 2.75) is 13.3 Å². The predicted molar refractivity (Wildman–Crippen MR) is 60.0 cm³/mol. The minimum absolute atomic E-state index is 0.159. The van der Waals surface area contributed by atoms with Gasteiger partial charge in [-0.3, -0.25) is 4.79 Å². The first-order valence-corrected chi connectivity index (χ1v) is 4.90. The number of carbonyl (C=O) groups is 1.